The van der Waals surface area contributed by atoms with E-state index in [1.165, 1.54) is 0 Å². The molecule has 0 spiro atoms. The van der Waals surface area contributed by atoms with Crippen molar-refractivity contribution in [3.63, 3.8) is 0 Å². The summed E-state index contributed by atoms with van der Waals surface area (Å²) in [6.07, 6.45) is 2.83. The Kier molecular flexibility index (Phi) is 4.17. The van der Waals surface area contributed by atoms with Crippen molar-refractivity contribution in [2.24, 2.45) is 0 Å². The van der Waals surface area contributed by atoms with Crippen molar-refractivity contribution in [1.82, 2.24) is 20.1 Å². The third-order valence-corrected chi connectivity index (χ3v) is 5.47. The predicted molar refractivity (Wildman–Crippen MR) is 101 cm³/mol. The Balaban J connectivity index is 1.56. The second-order valence-corrected chi connectivity index (χ2v) is 7.86. The second-order valence-electron chi connectivity index (χ2n) is 7.86. The summed E-state index contributed by atoms with van der Waals surface area (Å²) in [5.41, 5.74) is 1.08. The third kappa shape index (κ3) is 3.07. The number of nitrogens with zero attached hydrogens (tertiary/aromatic N) is 2. The van der Waals surface area contributed by atoms with Gasteiger partial charge in [-0.3, -0.25) is 14.5 Å². The van der Waals surface area contributed by atoms with Crippen LogP contribution in [0.15, 0.2) is 30.3 Å². The molecule has 2 N–H and O–H groups in total. The molecule has 1 aromatic carbocycles. The Hall–Kier alpha value is -2.83. The lowest BCUT2D eigenvalue weighted by atomic mass is 9.99. The van der Waals surface area contributed by atoms with E-state index in [0.29, 0.717) is 6.54 Å². The van der Waals surface area contributed by atoms with Crippen LogP contribution >= 0.6 is 0 Å². The molecule has 2 aliphatic rings. The Morgan fingerprint density at radius 2 is 2.00 bits per heavy atom. The first kappa shape index (κ1) is 17.6. The number of piperidine rings is 1. The van der Waals surface area contributed by atoms with Gasteiger partial charge in [0.2, 0.25) is 5.91 Å². The van der Waals surface area contributed by atoms with Gasteiger partial charge in [0.1, 0.15) is 12.1 Å². The molecule has 142 valence electrons. The number of carbonyl (C=O) groups is 3. The number of aromatic nitrogens is 1. The van der Waals surface area contributed by atoms with Crippen LogP contribution in [-0.2, 0) is 9.59 Å². The van der Waals surface area contributed by atoms with Crippen LogP contribution in [0.2, 0.25) is 0 Å². The van der Waals surface area contributed by atoms with Crippen LogP contribution in [0.4, 0.5) is 4.79 Å². The van der Waals surface area contributed by atoms with Crippen LogP contribution in [0.5, 0.6) is 0 Å². The number of benzene rings is 1. The molecule has 1 unspecified atom stereocenters. The minimum atomic E-state index is -0.962. The van der Waals surface area contributed by atoms with Crippen LogP contribution in [0, 0.1) is 0 Å². The smallest absolute Gasteiger partial charge is 0.325 e. The van der Waals surface area contributed by atoms with Crippen LogP contribution in [0.25, 0.3) is 10.9 Å². The molecule has 0 saturated carbocycles. The maximum Gasteiger partial charge on any atom is 0.325 e. The van der Waals surface area contributed by atoms with E-state index in [1.807, 2.05) is 24.3 Å². The maximum atomic E-state index is 13.0. The van der Waals surface area contributed by atoms with E-state index in [4.69, 9.17) is 0 Å². The Morgan fingerprint density at radius 3 is 2.70 bits per heavy atom. The lowest BCUT2D eigenvalue weighted by molar-refractivity contribution is -0.141. The standard InChI is InChI=1S/C20H24N4O3/c1-20(2)18(26)24(19(27)22-20)12-17(25)23-10-6-5-9-16(23)15-11-13-7-3-4-8-14(13)21-15/h3-4,7-8,11,16,21H,5-6,9-10,12H2,1-2H3,(H,22,27). The second kappa shape index (κ2) is 6.40. The number of H-pyrrole nitrogens is 1. The van der Waals surface area contributed by atoms with Gasteiger partial charge < -0.3 is 15.2 Å². The molecular weight excluding hydrogens is 344 g/mol. The molecule has 7 heteroatoms. The number of aromatic amines is 1. The fraction of sp³-hybridized carbons (Fsp3) is 0.450. The van der Waals surface area contributed by atoms with Crippen molar-refractivity contribution in [1.29, 1.82) is 0 Å². The van der Waals surface area contributed by atoms with Gasteiger partial charge in [-0.15, -0.1) is 0 Å². The average Bonchev–Trinajstić information content (AvgIpc) is 3.16. The minimum absolute atomic E-state index is 0.0626. The van der Waals surface area contributed by atoms with Gasteiger partial charge in [0, 0.05) is 17.8 Å². The number of likely N-dealkylation sites (tertiary alicyclic amines) is 1. The number of rotatable bonds is 3. The first-order chi connectivity index (χ1) is 12.9. The topological polar surface area (TPSA) is 85.5 Å². The summed E-state index contributed by atoms with van der Waals surface area (Å²) in [4.78, 5) is 43.7. The number of para-hydroxylation sites is 1. The van der Waals surface area contributed by atoms with E-state index in [-0.39, 0.29) is 24.4 Å². The zero-order chi connectivity index (χ0) is 19.2. The Morgan fingerprint density at radius 1 is 1.22 bits per heavy atom. The van der Waals surface area contributed by atoms with E-state index >= 15 is 0 Å². The van der Waals surface area contributed by atoms with Crippen molar-refractivity contribution in [2.75, 3.05) is 13.1 Å². The normalized spacial score (nSPS) is 22.4. The first-order valence-corrected chi connectivity index (χ1v) is 9.38. The van der Waals surface area contributed by atoms with Gasteiger partial charge in [-0.2, -0.15) is 0 Å². The van der Waals surface area contributed by atoms with Crippen LogP contribution in [0.3, 0.4) is 0 Å². The Labute approximate surface area is 157 Å². The van der Waals surface area contributed by atoms with Crippen LogP contribution in [0.1, 0.15) is 44.8 Å². The molecule has 2 aromatic rings. The predicted octanol–water partition coefficient (Wildman–Crippen LogP) is 2.55. The lowest BCUT2D eigenvalue weighted by Gasteiger charge is -2.36. The summed E-state index contributed by atoms with van der Waals surface area (Å²) < 4.78 is 0. The van der Waals surface area contributed by atoms with E-state index in [1.54, 1.807) is 18.7 Å². The highest BCUT2D eigenvalue weighted by Crippen LogP contribution is 2.32. The molecule has 3 heterocycles. The zero-order valence-corrected chi connectivity index (χ0v) is 15.6. The zero-order valence-electron chi connectivity index (χ0n) is 15.6. The summed E-state index contributed by atoms with van der Waals surface area (Å²) in [5, 5.41) is 3.73. The molecule has 4 rings (SSSR count). The number of imide groups is 1. The number of hydrogen-bond donors (Lipinski definition) is 2. The minimum Gasteiger partial charge on any atom is -0.357 e. The number of carbonyl (C=O) groups excluding carboxylic acids is 3. The number of amides is 4. The molecular formula is C20H24N4O3. The summed E-state index contributed by atoms with van der Waals surface area (Å²) in [6.45, 7) is 3.70. The summed E-state index contributed by atoms with van der Waals surface area (Å²) in [5.74, 6) is -0.556. The molecule has 1 aromatic heterocycles. The third-order valence-electron chi connectivity index (χ3n) is 5.47. The molecule has 0 radical (unpaired) electrons. The van der Waals surface area contributed by atoms with Gasteiger partial charge in [-0.1, -0.05) is 18.2 Å². The van der Waals surface area contributed by atoms with Gasteiger partial charge in [-0.05, 0) is 50.6 Å². The Bertz CT molecular complexity index is 884. The molecule has 27 heavy (non-hydrogen) atoms. The highest BCUT2D eigenvalue weighted by molar-refractivity contribution is 6.08. The SMILES string of the molecule is CC1(C)NC(=O)N(CC(=O)N2CCCCC2c2cc3ccccc3[nH]2)C1=O. The largest absolute Gasteiger partial charge is 0.357 e. The summed E-state index contributed by atoms with van der Waals surface area (Å²) >= 11 is 0. The van der Waals surface area contributed by atoms with Crippen LogP contribution in [-0.4, -0.2) is 51.3 Å². The molecule has 0 aliphatic carbocycles. The van der Waals surface area contributed by atoms with Crippen LogP contribution < -0.4 is 5.32 Å². The lowest BCUT2D eigenvalue weighted by Crippen LogP contribution is -2.47. The fourth-order valence-corrected chi connectivity index (χ4v) is 4.02. The molecule has 1 atom stereocenters. The molecule has 0 bridgehead atoms. The quantitative estimate of drug-likeness (QED) is 0.817. The highest BCUT2D eigenvalue weighted by atomic mass is 16.2. The number of hydrogen-bond acceptors (Lipinski definition) is 3. The van der Waals surface area contributed by atoms with E-state index in [2.05, 4.69) is 16.4 Å². The summed E-state index contributed by atoms with van der Waals surface area (Å²) in [6, 6.07) is 9.55. The van der Waals surface area contributed by atoms with Crippen molar-refractivity contribution < 1.29 is 14.4 Å². The molecule has 4 amide bonds. The number of fused-ring (bicyclic) bond motifs is 1. The van der Waals surface area contributed by atoms with Gasteiger partial charge in [0.05, 0.1) is 6.04 Å². The fourth-order valence-electron chi connectivity index (χ4n) is 4.02. The monoisotopic (exact) mass is 368 g/mol. The molecule has 2 saturated heterocycles. The number of nitrogens with one attached hydrogen (secondary N) is 2. The van der Waals surface area contributed by atoms with Gasteiger partial charge >= 0.3 is 6.03 Å². The average molecular weight is 368 g/mol. The molecule has 7 nitrogen and oxygen atoms in total. The maximum absolute atomic E-state index is 13.0. The number of urea groups is 1. The molecule has 2 aliphatic heterocycles. The highest BCUT2D eigenvalue weighted by Gasteiger charge is 2.45. The van der Waals surface area contributed by atoms with Gasteiger partial charge in [-0.25, -0.2) is 4.79 Å². The van der Waals surface area contributed by atoms with Crippen molar-refractivity contribution in [3.05, 3.63) is 36.0 Å². The van der Waals surface area contributed by atoms with Gasteiger partial charge in [0.15, 0.2) is 0 Å². The van der Waals surface area contributed by atoms with Crippen molar-refractivity contribution >= 4 is 28.7 Å². The van der Waals surface area contributed by atoms with E-state index < -0.39 is 11.6 Å². The van der Waals surface area contributed by atoms with E-state index in [9.17, 15) is 14.4 Å². The summed E-state index contributed by atoms with van der Waals surface area (Å²) in [7, 11) is 0. The van der Waals surface area contributed by atoms with Crippen molar-refractivity contribution in [2.45, 2.75) is 44.7 Å². The van der Waals surface area contributed by atoms with Crippen molar-refractivity contribution in [3.8, 4) is 0 Å². The van der Waals surface area contributed by atoms with Gasteiger partial charge in [0.25, 0.3) is 5.91 Å². The molecule has 2 fully saturated rings. The van der Waals surface area contributed by atoms with E-state index in [0.717, 1.165) is 40.8 Å². The first-order valence-electron chi connectivity index (χ1n) is 9.38.